The molecule has 1 aliphatic rings. The Bertz CT molecular complexity index is 1160. The van der Waals surface area contributed by atoms with Crippen LogP contribution < -0.4 is 10.5 Å². The van der Waals surface area contributed by atoms with Crippen molar-refractivity contribution in [2.75, 3.05) is 39.5 Å². The number of nitrogens with zero attached hydrogens (tertiary/aromatic N) is 3. The Labute approximate surface area is 197 Å². The molecule has 0 spiro atoms. The van der Waals surface area contributed by atoms with Crippen molar-refractivity contribution in [2.24, 2.45) is 10.7 Å². The van der Waals surface area contributed by atoms with Crippen molar-refractivity contribution in [3.63, 3.8) is 0 Å². The number of para-hydroxylation sites is 2. The molecule has 1 aliphatic heterocycles. The normalized spacial score (nSPS) is 15.3. The maximum atomic E-state index is 12.8. The molecule has 2 aromatic carbocycles. The van der Waals surface area contributed by atoms with E-state index >= 15 is 0 Å². The van der Waals surface area contributed by atoms with Gasteiger partial charge in [-0.2, -0.15) is 0 Å². The summed E-state index contributed by atoms with van der Waals surface area (Å²) in [4.78, 5) is 26.7. The number of nitrogens with two attached hydrogens (primary N) is 1. The summed E-state index contributed by atoms with van der Waals surface area (Å²) in [7, 11) is 0. The molecule has 9 nitrogen and oxygen atoms in total. The first-order valence-corrected chi connectivity index (χ1v) is 11.0. The lowest BCUT2D eigenvalue weighted by atomic mass is 10.1. The molecule has 1 aromatic heterocycles. The van der Waals surface area contributed by atoms with Gasteiger partial charge in [0.05, 0.1) is 24.2 Å². The number of hydrogen-bond donors (Lipinski definition) is 2. The third kappa shape index (κ3) is 5.89. The van der Waals surface area contributed by atoms with Gasteiger partial charge in [0.2, 0.25) is 11.7 Å². The number of aromatic nitrogens is 2. The SMILES string of the molecule is C=C/C=N\C(Oc1ccc(C(=O)c2nc3ccccc3[nH]2)cc1)=C(/N)OCCN1CCOCC1. The lowest BCUT2D eigenvalue weighted by Gasteiger charge is -2.26. The smallest absolute Gasteiger partial charge is 0.280 e. The Morgan fingerprint density at radius 3 is 2.71 bits per heavy atom. The van der Waals surface area contributed by atoms with Crippen molar-refractivity contribution >= 4 is 23.0 Å². The number of nitrogens with one attached hydrogen (secondary N) is 1. The number of fused-ring (bicyclic) bond motifs is 1. The van der Waals surface area contributed by atoms with Crippen LogP contribution in [0.25, 0.3) is 11.0 Å². The van der Waals surface area contributed by atoms with Crippen LogP contribution in [-0.2, 0) is 9.47 Å². The number of imidazole rings is 1. The molecule has 0 aliphatic carbocycles. The van der Waals surface area contributed by atoms with Crippen LogP contribution in [0.5, 0.6) is 5.75 Å². The second-order valence-electron chi connectivity index (χ2n) is 7.54. The lowest BCUT2D eigenvalue weighted by molar-refractivity contribution is 0.0267. The summed E-state index contributed by atoms with van der Waals surface area (Å²) in [6.07, 6.45) is 2.98. The van der Waals surface area contributed by atoms with E-state index in [0.29, 0.717) is 17.9 Å². The zero-order chi connectivity index (χ0) is 23.8. The Morgan fingerprint density at radius 1 is 1.21 bits per heavy atom. The first-order chi connectivity index (χ1) is 16.6. The van der Waals surface area contributed by atoms with E-state index in [-0.39, 0.29) is 23.4 Å². The predicted octanol–water partition coefficient (Wildman–Crippen LogP) is 2.86. The standard InChI is InChI=1S/C25H27N5O4/c1-2-11-27-25(23(26)33-17-14-30-12-15-32-16-13-30)34-19-9-7-18(8-10-19)22(31)24-28-20-5-3-4-6-21(20)29-24/h2-11H,1,12-17,26H2,(H,28,29)/b25-23-,27-11-. The molecule has 0 unspecified atom stereocenters. The molecule has 9 heteroatoms. The maximum Gasteiger partial charge on any atom is 0.280 e. The Kier molecular flexibility index (Phi) is 7.69. The minimum absolute atomic E-state index is 0.0637. The number of hydrogen-bond acceptors (Lipinski definition) is 8. The number of ether oxygens (including phenoxy) is 3. The molecule has 4 rings (SSSR count). The van der Waals surface area contributed by atoms with Crippen molar-refractivity contribution in [2.45, 2.75) is 0 Å². The highest BCUT2D eigenvalue weighted by Gasteiger charge is 2.15. The van der Waals surface area contributed by atoms with Gasteiger partial charge < -0.3 is 24.9 Å². The van der Waals surface area contributed by atoms with Crippen molar-refractivity contribution in [1.29, 1.82) is 0 Å². The van der Waals surface area contributed by atoms with E-state index in [1.165, 1.54) is 12.3 Å². The molecule has 1 saturated heterocycles. The summed E-state index contributed by atoms with van der Waals surface area (Å²) in [5, 5.41) is 0. The van der Waals surface area contributed by atoms with Crippen LogP contribution in [0.2, 0.25) is 0 Å². The van der Waals surface area contributed by atoms with Crippen molar-refractivity contribution in [1.82, 2.24) is 14.9 Å². The summed E-state index contributed by atoms with van der Waals surface area (Å²) in [6.45, 7) is 7.91. The fraction of sp³-hybridized carbons (Fsp3) is 0.240. The highest BCUT2D eigenvalue weighted by molar-refractivity contribution is 6.08. The quantitative estimate of drug-likeness (QED) is 0.271. The second kappa shape index (κ2) is 11.3. The summed E-state index contributed by atoms with van der Waals surface area (Å²) < 4.78 is 16.8. The van der Waals surface area contributed by atoms with Gasteiger partial charge in [-0.15, -0.1) is 0 Å². The average molecular weight is 462 g/mol. The van der Waals surface area contributed by atoms with Crippen LogP contribution in [0.1, 0.15) is 16.2 Å². The largest absolute Gasteiger partial charge is 0.474 e. The maximum absolute atomic E-state index is 12.8. The van der Waals surface area contributed by atoms with E-state index in [2.05, 4.69) is 26.4 Å². The highest BCUT2D eigenvalue weighted by atomic mass is 16.5. The number of morpholine rings is 1. The van der Waals surface area contributed by atoms with E-state index in [4.69, 9.17) is 19.9 Å². The molecule has 3 N–H and O–H groups in total. The third-order valence-electron chi connectivity index (χ3n) is 5.21. The molecule has 2 heterocycles. The summed E-state index contributed by atoms with van der Waals surface area (Å²) in [5.74, 6) is 0.697. The molecule has 0 bridgehead atoms. The molecule has 0 amide bonds. The lowest BCUT2D eigenvalue weighted by Crippen LogP contribution is -2.38. The van der Waals surface area contributed by atoms with Gasteiger partial charge in [-0.25, -0.2) is 9.98 Å². The van der Waals surface area contributed by atoms with Crippen LogP contribution in [0.15, 0.2) is 77.9 Å². The number of benzene rings is 2. The topological polar surface area (TPSA) is 115 Å². The first-order valence-electron chi connectivity index (χ1n) is 11.0. The van der Waals surface area contributed by atoms with E-state index < -0.39 is 0 Å². The number of allylic oxidation sites excluding steroid dienone is 1. The Balaban J connectivity index is 1.41. The molecular formula is C25H27N5O4. The molecular weight excluding hydrogens is 434 g/mol. The van der Waals surface area contributed by atoms with Gasteiger partial charge in [0.25, 0.3) is 5.88 Å². The van der Waals surface area contributed by atoms with E-state index in [1.807, 2.05) is 24.3 Å². The number of carbonyl (C=O) groups is 1. The zero-order valence-corrected chi connectivity index (χ0v) is 18.8. The second-order valence-corrected chi connectivity index (χ2v) is 7.54. The predicted molar refractivity (Wildman–Crippen MR) is 130 cm³/mol. The van der Waals surface area contributed by atoms with Gasteiger partial charge in [0, 0.05) is 31.4 Å². The third-order valence-corrected chi connectivity index (χ3v) is 5.21. The molecule has 0 radical (unpaired) electrons. The van der Waals surface area contributed by atoms with Crippen molar-refractivity contribution in [3.05, 3.63) is 84.3 Å². The fourth-order valence-electron chi connectivity index (χ4n) is 3.41. The van der Waals surface area contributed by atoms with E-state index in [0.717, 1.165) is 43.9 Å². The van der Waals surface area contributed by atoms with Gasteiger partial charge in [-0.3, -0.25) is 9.69 Å². The minimum Gasteiger partial charge on any atom is -0.474 e. The first kappa shape index (κ1) is 23.2. The molecule has 0 atom stereocenters. The molecule has 0 saturated carbocycles. The zero-order valence-electron chi connectivity index (χ0n) is 18.8. The molecule has 3 aromatic rings. The van der Waals surface area contributed by atoms with Gasteiger partial charge >= 0.3 is 0 Å². The number of carbonyl (C=O) groups excluding carboxylic acids is 1. The van der Waals surface area contributed by atoms with Gasteiger partial charge in [-0.1, -0.05) is 24.8 Å². The summed E-state index contributed by atoms with van der Waals surface area (Å²) in [5.41, 5.74) is 8.11. The molecule has 1 fully saturated rings. The minimum atomic E-state index is -0.214. The van der Waals surface area contributed by atoms with Gasteiger partial charge in [-0.05, 0) is 36.4 Å². The summed E-state index contributed by atoms with van der Waals surface area (Å²) in [6, 6.07) is 14.1. The Morgan fingerprint density at radius 2 is 1.97 bits per heavy atom. The van der Waals surface area contributed by atoms with Crippen LogP contribution in [-0.4, -0.2) is 66.3 Å². The van der Waals surface area contributed by atoms with Crippen LogP contribution >= 0.6 is 0 Å². The Hall–Kier alpha value is -3.95. The van der Waals surface area contributed by atoms with Crippen LogP contribution in [0, 0.1) is 0 Å². The van der Waals surface area contributed by atoms with Gasteiger partial charge in [0.15, 0.2) is 5.82 Å². The fourth-order valence-corrected chi connectivity index (χ4v) is 3.41. The number of ketones is 1. The van der Waals surface area contributed by atoms with Crippen molar-refractivity contribution < 1.29 is 19.0 Å². The van der Waals surface area contributed by atoms with E-state index in [9.17, 15) is 4.79 Å². The molecule has 34 heavy (non-hydrogen) atoms. The van der Waals surface area contributed by atoms with Gasteiger partial charge in [0.1, 0.15) is 12.4 Å². The van der Waals surface area contributed by atoms with E-state index in [1.54, 1.807) is 24.3 Å². The van der Waals surface area contributed by atoms with Crippen molar-refractivity contribution in [3.8, 4) is 5.75 Å². The average Bonchev–Trinajstić information content (AvgIpc) is 3.31. The summed E-state index contributed by atoms with van der Waals surface area (Å²) >= 11 is 0. The van der Waals surface area contributed by atoms with Crippen LogP contribution in [0.4, 0.5) is 0 Å². The highest BCUT2D eigenvalue weighted by Crippen LogP contribution is 2.19. The number of aliphatic imine (C=N–C) groups is 1. The monoisotopic (exact) mass is 461 g/mol. The molecule has 176 valence electrons. The van der Waals surface area contributed by atoms with Crippen LogP contribution in [0.3, 0.4) is 0 Å². The number of aromatic amines is 1. The number of rotatable bonds is 10. The number of H-pyrrole nitrogens is 1.